The van der Waals surface area contributed by atoms with Crippen LogP contribution in [0.3, 0.4) is 0 Å². The molecule has 0 aliphatic carbocycles. The summed E-state index contributed by atoms with van der Waals surface area (Å²) in [5.74, 6) is 0.882. The highest BCUT2D eigenvalue weighted by Gasteiger charge is 2.32. The molecule has 0 bridgehead atoms. The van der Waals surface area contributed by atoms with Gasteiger partial charge in [0.25, 0.3) is 0 Å². The minimum absolute atomic E-state index is 0.327. The normalized spacial score (nSPS) is 18.2. The molecule has 2 rings (SSSR count). The largest absolute Gasteiger partial charge is 0.494 e. The Morgan fingerprint density at radius 1 is 1.33 bits per heavy atom. The fraction of sp³-hybridized carbons (Fsp3) is 0.500. The smallest absolute Gasteiger partial charge is 0.119 e. The van der Waals surface area contributed by atoms with Crippen LogP contribution in [-0.2, 0) is 4.74 Å². The second kappa shape index (κ2) is 4.11. The minimum Gasteiger partial charge on any atom is -0.494 e. The van der Waals surface area contributed by atoms with E-state index in [0.29, 0.717) is 5.41 Å². The first-order chi connectivity index (χ1) is 7.18. The van der Waals surface area contributed by atoms with Crippen molar-refractivity contribution in [2.45, 2.75) is 13.3 Å². The van der Waals surface area contributed by atoms with Crippen LogP contribution in [0.25, 0.3) is 0 Å². The van der Waals surface area contributed by atoms with Crippen molar-refractivity contribution in [2.24, 2.45) is 5.41 Å². The molecule has 1 saturated heterocycles. The molecule has 1 aliphatic rings. The van der Waals surface area contributed by atoms with Gasteiger partial charge in [0.15, 0.2) is 0 Å². The Kier molecular flexibility index (Phi) is 2.82. The molecule has 0 saturated carbocycles. The van der Waals surface area contributed by atoms with Gasteiger partial charge in [-0.25, -0.2) is 0 Å². The molecule has 3 nitrogen and oxygen atoms in total. The van der Waals surface area contributed by atoms with E-state index in [1.807, 2.05) is 24.3 Å². The molecule has 3 heteroatoms. The number of nitrogens with two attached hydrogens (primary N) is 1. The molecule has 2 N–H and O–H groups in total. The lowest BCUT2D eigenvalue weighted by Crippen LogP contribution is -2.40. The topological polar surface area (TPSA) is 44.5 Å². The van der Waals surface area contributed by atoms with E-state index in [-0.39, 0.29) is 0 Å². The van der Waals surface area contributed by atoms with Gasteiger partial charge in [-0.15, -0.1) is 0 Å². The van der Waals surface area contributed by atoms with Crippen molar-refractivity contribution >= 4 is 5.69 Å². The highest BCUT2D eigenvalue weighted by Crippen LogP contribution is 2.30. The Hall–Kier alpha value is -1.22. The predicted molar refractivity (Wildman–Crippen MR) is 59.9 cm³/mol. The molecule has 1 aromatic carbocycles. The van der Waals surface area contributed by atoms with Crippen LogP contribution >= 0.6 is 0 Å². The second-order valence-corrected chi connectivity index (χ2v) is 4.47. The van der Waals surface area contributed by atoms with Crippen LogP contribution in [0.15, 0.2) is 24.3 Å². The SMILES string of the molecule is CC1(CCOc2ccc(N)cc2)COC1. The molecule has 0 amide bonds. The van der Waals surface area contributed by atoms with E-state index in [9.17, 15) is 0 Å². The molecule has 1 heterocycles. The predicted octanol–water partition coefficient (Wildman–Crippen LogP) is 2.07. The van der Waals surface area contributed by atoms with E-state index in [2.05, 4.69) is 6.92 Å². The molecule has 0 unspecified atom stereocenters. The molecule has 1 fully saturated rings. The first kappa shape index (κ1) is 10.3. The summed E-state index contributed by atoms with van der Waals surface area (Å²) < 4.78 is 10.8. The monoisotopic (exact) mass is 207 g/mol. The maximum atomic E-state index is 5.62. The van der Waals surface area contributed by atoms with Gasteiger partial charge in [0.05, 0.1) is 19.8 Å². The number of anilines is 1. The Bertz CT molecular complexity index is 317. The van der Waals surface area contributed by atoms with Gasteiger partial charge in [-0.05, 0) is 30.7 Å². The van der Waals surface area contributed by atoms with Crippen molar-refractivity contribution in [3.8, 4) is 5.75 Å². The van der Waals surface area contributed by atoms with Gasteiger partial charge < -0.3 is 15.2 Å². The number of hydrogen-bond acceptors (Lipinski definition) is 3. The summed E-state index contributed by atoms with van der Waals surface area (Å²) >= 11 is 0. The van der Waals surface area contributed by atoms with E-state index >= 15 is 0 Å². The van der Waals surface area contributed by atoms with Gasteiger partial charge in [0.1, 0.15) is 5.75 Å². The number of benzene rings is 1. The Morgan fingerprint density at radius 2 is 2.00 bits per heavy atom. The molecule has 15 heavy (non-hydrogen) atoms. The summed E-state index contributed by atoms with van der Waals surface area (Å²) in [5.41, 5.74) is 6.68. The van der Waals surface area contributed by atoms with Crippen LogP contribution in [-0.4, -0.2) is 19.8 Å². The third kappa shape index (κ3) is 2.63. The lowest BCUT2D eigenvalue weighted by atomic mass is 9.85. The number of nitrogen functional groups attached to an aromatic ring is 1. The molecule has 82 valence electrons. The molecular formula is C12H17NO2. The highest BCUT2D eigenvalue weighted by molar-refractivity contribution is 5.41. The third-order valence-electron chi connectivity index (χ3n) is 2.76. The van der Waals surface area contributed by atoms with Crippen LogP contribution in [0.5, 0.6) is 5.75 Å². The summed E-state index contributed by atoms with van der Waals surface area (Å²) in [6, 6.07) is 7.50. The maximum absolute atomic E-state index is 5.62. The fourth-order valence-corrected chi connectivity index (χ4v) is 1.57. The standard InChI is InChI=1S/C12H17NO2/c1-12(8-14-9-12)6-7-15-11-4-2-10(13)3-5-11/h2-5H,6-9,13H2,1H3. The highest BCUT2D eigenvalue weighted by atomic mass is 16.5. The van der Waals surface area contributed by atoms with E-state index < -0.39 is 0 Å². The average Bonchev–Trinajstić information content (AvgIpc) is 2.19. The van der Waals surface area contributed by atoms with Crippen LogP contribution in [0.4, 0.5) is 5.69 Å². The van der Waals surface area contributed by atoms with Crippen LogP contribution in [0.1, 0.15) is 13.3 Å². The molecule has 0 radical (unpaired) electrons. The molecular weight excluding hydrogens is 190 g/mol. The van der Waals surface area contributed by atoms with Gasteiger partial charge >= 0.3 is 0 Å². The van der Waals surface area contributed by atoms with E-state index in [1.165, 1.54) is 0 Å². The Balaban J connectivity index is 1.76. The van der Waals surface area contributed by atoms with Gasteiger partial charge in [-0.2, -0.15) is 0 Å². The van der Waals surface area contributed by atoms with Gasteiger partial charge in [-0.3, -0.25) is 0 Å². The average molecular weight is 207 g/mol. The van der Waals surface area contributed by atoms with Crippen molar-refractivity contribution in [1.29, 1.82) is 0 Å². The maximum Gasteiger partial charge on any atom is 0.119 e. The van der Waals surface area contributed by atoms with Gasteiger partial charge in [0.2, 0.25) is 0 Å². The zero-order valence-corrected chi connectivity index (χ0v) is 9.03. The number of hydrogen-bond donors (Lipinski definition) is 1. The molecule has 0 atom stereocenters. The third-order valence-corrected chi connectivity index (χ3v) is 2.76. The number of rotatable bonds is 4. The van der Waals surface area contributed by atoms with Crippen molar-refractivity contribution in [3.05, 3.63) is 24.3 Å². The van der Waals surface area contributed by atoms with Gasteiger partial charge in [0, 0.05) is 11.1 Å². The summed E-state index contributed by atoms with van der Waals surface area (Å²) in [6.07, 6.45) is 1.04. The molecule has 0 spiro atoms. The zero-order valence-electron chi connectivity index (χ0n) is 9.03. The van der Waals surface area contributed by atoms with E-state index in [1.54, 1.807) is 0 Å². The quantitative estimate of drug-likeness (QED) is 0.769. The zero-order chi connectivity index (χ0) is 10.7. The second-order valence-electron chi connectivity index (χ2n) is 4.47. The van der Waals surface area contributed by atoms with Gasteiger partial charge in [-0.1, -0.05) is 6.92 Å². The molecule has 1 aliphatic heterocycles. The fourth-order valence-electron chi connectivity index (χ4n) is 1.57. The van der Waals surface area contributed by atoms with Crippen molar-refractivity contribution < 1.29 is 9.47 Å². The first-order valence-corrected chi connectivity index (χ1v) is 5.24. The van der Waals surface area contributed by atoms with Crippen molar-refractivity contribution in [3.63, 3.8) is 0 Å². The molecule has 0 aromatic heterocycles. The molecule has 1 aromatic rings. The minimum atomic E-state index is 0.327. The van der Waals surface area contributed by atoms with E-state index in [0.717, 1.165) is 37.7 Å². The Morgan fingerprint density at radius 3 is 2.53 bits per heavy atom. The van der Waals surface area contributed by atoms with E-state index in [4.69, 9.17) is 15.2 Å². The lowest BCUT2D eigenvalue weighted by molar-refractivity contribution is -0.109. The van der Waals surface area contributed by atoms with Crippen molar-refractivity contribution in [1.82, 2.24) is 0 Å². The Labute approximate surface area is 90.2 Å². The van der Waals surface area contributed by atoms with Crippen LogP contribution < -0.4 is 10.5 Å². The summed E-state index contributed by atoms with van der Waals surface area (Å²) in [6.45, 7) is 4.68. The van der Waals surface area contributed by atoms with Crippen molar-refractivity contribution in [2.75, 3.05) is 25.6 Å². The summed E-state index contributed by atoms with van der Waals surface area (Å²) in [4.78, 5) is 0. The summed E-state index contributed by atoms with van der Waals surface area (Å²) in [5, 5.41) is 0. The van der Waals surface area contributed by atoms with Crippen LogP contribution in [0, 0.1) is 5.41 Å². The number of ether oxygens (including phenoxy) is 2. The summed E-state index contributed by atoms with van der Waals surface area (Å²) in [7, 11) is 0. The lowest BCUT2D eigenvalue weighted by Gasteiger charge is -2.37. The first-order valence-electron chi connectivity index (χ1n) is 5.24. The van der Waals surface area contributed by atoms with Crippen LogP contribution in [0.2, 0.25) is 0 Å².